The minimum absolute atomic E-state index is 0.500. The Kier molecular flexibility index (Phi) is 2.76. The molecular weight excluding hydrogens is 200 g/mol. The lowest BCUT2D eigenvalue weighted by atomic mass is 10.4. The minimum atomic E-state index is -3.40. The summed E-state index contributed by atoms with van der Waals surface area (Å²) in [6, 6.07) is 0. The van der Waals surface area contributed by atoms with Crippen molar-refractivity contribution in [1.29, 1.82) is 0 Å². The van der Waals surface area contributed by atoms with E-state index >= 15 is 0 Å². The Morgan fingerprint density at radius 2 is 2.33 bits per heavy atom. The number of rotatable bonds is 3. The van der Waals surface area contributed by atoms with Crippen LogP contribution in [-0.4, -0.2) is 24.3 Å². The molecule has 0 aliphatic rings. The molecule has 0 fully saturated rings. The van der Waals surface area contributed by atoms with E-state index in [4.69, 9.17) is 0 Å². The molecule has 7 heteroatoms. The fraction of sp³-hybridized carbons (Fsp3) is 0.600. The van der Waals surface area contributed by atoms with Crippen LogP contribution in [0.1, 0.15) is 17.9 Å². The molecule has 0 aliphatic carbocycles. The molecule has 1 rings (SSSR count). The Morgan fingerprint density at radius 1 is 1.67 bits per heavy atom. The van der Waals surface area contributed by atoms with Crippen molar-refractivity contribution in [3.05, 3.63) is 11.1 Å². The Bertz CT molecular complexity index is 332. The molecule has 1 unspecified atom stereocenters. The molecule has 0 bridgehead atoms. The van der Waals surface area contributed by atoms with Crippen LogP contribution >= 0.6 is 11.5 Å². The number of hydrogen-bond acceptors (Lipinski definition) is 6. The Morgan fingerprint density at radius 3 is 2.75 bits per heavy atom. The zero-order chi connectivity index (χ0) is 9.19. The normalized spacial score (nSPS) is 14.5. The van der Waals surface area contributed by atoms with Gasteiger partial charge in [-0.25, -0.2) is 0 Å². The molecule has 0 aliphatic heterocycles. The molecule has 0 amide bonds. The Balaban J connectivity index is 2.68. The quantitative estimate of drug-likeness (QED) is 0.679. The predicted molar refractivity (Wildman–Crippen MR) is 44.3 cm³/mol. The maximum Gasteiger partial charge on any atom is 0.264 e. The summed E-state index contributed by atoms with van der Waals surface area (Å²) < 4.78 is 29.6. The van der Waals surface area contributed by atoms with Crippen molar-refractivity contribution in [2.75, 3.05) is 6.26 Å². The lowest BCUT2D eigenvalue weighted by Crippen LogP contribution is -2.06. The lowest BCUT2D eigenvalue weighted by Gasteiger charge is -2.06. The molecule has 0 radical (unpaired) electrons. The van der Waals surface area contributed by atoms with Gasteiger partial charge >= 0.3 is 0 Å². The molecule has 0 saturated carbocycles. The van der Waals surface area contributed by atoms with Crippen molar-refractivity contribution in [1.82, 2.24) is 9.59 Å². The molecule has 0 N–H and O–H groups in total. The third-order valence-corrected chi connectivity index (χ3v) is 2.56. The highest BCUT2D eigenvalue weighted by molar-refractivity contribution is 7.86. The summed E-state index contributed by atoms with van der Waals surface area (Å²) in [5, 5.41) is 3.57. The van der Waals surface area contributed by atoms with Gasteiger partial charge in [0, 0.05) is 0 Å². The standard InChI is InChI=1S/C5H8N2O3S2/c1-4(10-12(2,8)9)5-3-6-7-11-5/h3-4H,1-2H3. The molecule has 68 valence electrons. The van der Waals surface area contributed by atoms with Crippen LogP contribution < -0.4 is 0 Å². The van der Waals surface area contributed by atoms with Crippen molar-refractivity contribution in [3.63, 3.8) is 0 Å². The van der Waals surface area contributed by atoms with Crippen LogP contribution in [-0.2, 0) is 14.3 Å². The van der Waals surface area contributed by atoms with E-state index < -0.39 is 16.2 Å². The highest BCUT2D eigenvalue weighted by Gasteiger charge is 2.14. The van der Waals surface area contributed by atoms with Crippen molar-refractivity contribution < 1.29 is 12.6 Å². The monoisotopic (exact) mass is 208 g/mol. The maximum absolute atomic E-state index is 10.7. The first-order chi connectivity index (χ1) is 5.49. The van der Waals surface area contributed by atoms with Crippen LogP contribution in [0.4, 0.5) is 0 Å². The third kappa shape index (κ3) is 2.84. The maximum atomic E-state index is 10.7. The van der Waals surface area contributed by atoms with E-state index in [1.165, 1.54) is 6.20 Å². The molecule has 1 heterocycles. The average molecular weight is 208 g/mol. The van der Waals surface area contributed by atoms with E-state index in [9.17, 15) is 8.42 Å². The fourth-order valence-electron chi connectivity index (χ4n) is 0.664. The van der Waals surface area contributed by atoms with Gasteiger partial charge in [0.2, 0.25) is 0 Å². The van der Waals surface area contributed by atoms with E-state index in [1.54, 1.807) is 6.92 Å². The number of hydrogen-bond donors (Lipinski definition) is 0. The SMILES string of the molecule is CC(OS(C)(=O)=O)c1cnns1. The molecule has 0 spiro atoms. The summed E-state index contributed by atoms with van der Waals surface area (Å²) in [7, 11) is -3.40. The minimum Gasteiger partial charge on any atom is -0.261 e. The van der Waals surface area contributed by atoms with Gasteiger partial charge in [-0.2, -0.15) is 8.42 Å². The highest BCUT2D eigenvalue weighted by atomic mass is 32.2. The van der Waals surface area contributed by atoms with E-state index in [2.05, 4.69) is 13.8 Å². The van der Waals surface area contributed by atoms with Gasteiger partial charge in [0.05, 0.1) is 17.3 Å². The van der Waals surface area contributed by atoms with Crippen LogP contribution in [0, 0.1) is 0 Å². The fourth-order valence-corrected chi connectivity index (χ4v) is 1.83. The molecule has 0 saturated heterocycles. The lowest BCUT2D eigenvalue weighted by molar-refractivity contribution is 0.240. The van der Waals surface area contributed by atoms with Gasteiger partial charge in [0.15, 0.2) is 0 Å². The van der Waals surface area contributed by atoms with Crippen LogP contribution in [0.25, 0.3) is 0 Å². The van der Waals surface area contributed by atoms with Gasteiger partial charge in [0.1, 0.15) is 6.10 Å². The Labute approximate surface area is 74.7 Å². The first-order valence-corrected chi connectivity index (χ1v) is 5.73. The largest absolute Gasteiger partial charge is 0.264 e. The summed E-state index contributed by atoms with van der Waals surface area (Å²) in [5.74, 6) is 0. The Hall–Kier alpha value is -0.530. The van der Waals surface area contributed by atoms with Gasteiger partial charge in [-0.3, -0.25) is 4.18 Å². The van der Waals surface area contributed by atoms with Crippen LogP contribution in [0.5, 0.6) is 0 Å². The molecule has 5 nitrogen and oxygen atoms in total. The van der Waals surface area contributed by atoms with Crippen molar-refractivity contribution in [2.24, 2.45) is 0 Å². The summed E-state index contributed by atoms with van der Waals surface area (Å²) in [6.45, 7) is 1.64. The van der Waals surface area contributed by atoms with Gasteiger partial charge in [-0.05, 0) is 18.5 Å². The van der Waals surface area contributed by atoms with Crippen molar-refractivity contribution in [3.8, 4) is 0 Å². The number of aromatic nitrogens is 2. The summed E-state index contributed by atoms with van der Waals surface area (Å²) in [5.41, 5.74) is 0. The average Bonchev–Trinajstić information content (AvgIpc) is 2.32. The van der Waals surface area contributed by atoms with E-state index in [0.29, 0.717) is 4.88 Å². The first-order valence-electron chi connectivity index (χ1n) is 3.14. The summed E-state index contributed by atoms with van der Waals surface area (Å²) in [6.07, 6.45) is 2.00. The molecule has 0 aromatic carbocycles. The van der Waals surface area contributed by atoms with E-state index in [1.807, 2.05) is 0 Å². The van der Waals surface area contributed by atoms with Gasteiger partial charge in [-0.1, -0.05) is 4.49 Å². The summed E-state index contributed by atoms with van der Waals surface area (Å²) >= 11 is 1.12. The van der Waals surface area contributed by atoms with Gasteiger partial charge < -0.3 is 0 Å². The van der Waals surface area contributed by atoms with Crippen molar-refractivity contribution in [2.45, 2.75) is 13.0 Å². The third-order valence-electron chi connectivity index (χ3n) is 1.10. The van der Waals surface area contributed by atoms with Crippen LogP contribution in [0.2, 0.25) is 0 Å². The van der Waals surface area contributed by atoms with E-state index in [-0.39, 0.29) is 0 Å². The van der Waals surface area contributed by atoms with Crippen LogP contribution in [0.3, 0.4) is 0 Å². The topological polar surface area (TPSA) is 69.2 Å². The molecule has 1 atom stereocenters. The summed E-state index contributed by atoms with van der Waals surface area (Å²) in [4.78, 5) is 0.695. The zero-order valence-electron chi connectivity index (χ0n) is 6.59. The van der Waals surface area contributed by atoms with Gasteiger partial charge in [-0.15, -0.1) is 5.10 Å². The molecule has 12 heavy (non-hydrogen) atoms. The first kappa shape index (κ1) is 9.56. The highest BCUT2D eigenvalue weighted by Crippen LogP contribution is 2.19. The molecule has 1 aromatic heterocycles. The number of nitrogens with zero attached hydrogens (tertiary/aromatic N) is 2. The smallest absolute Gasteiger partial charge is 0.261 e. The second kappa shape index (κ2) is 3.46. The van der Waals surface area contributed by atoms with Gasteiger partial charge in [0.25, 0.3) is 10.1 Å². The predicted octanol–water partition coefficient (Wildman–Crippen LogP) is 0.575. The molecule has 1 aromatic rings. The van der Waals surface area contributed by atoms with Crippen LogP contribution in [0.15, 0.2) is 6.20 Å². The van der Waals surface area contributed by atoms with Crippen molar-refractivity contribution >= 4 is 21.7 Å². The second-order valence-electron chi connectivity index (χ2n) is 2.26. The molecular formula is C5H8N2O3S2. The zero-order valence-corrected chi connectivity index (χ0v) is 8.22. The second-order valence-corrected chi connectivity index (χ2v) is 4.68. The van der Waals surface area contributed by atoms with E-state index in [0.717, 1.165) is 17.8 Å².